The van der Waals surface area contributed by atoms with E-state index in [2.05, 4.69) is 4.98 Å². The lowest BCUT2D eigenvalue weighted by molar-refractivity contribution is -0.360. The van der Waals surface area contributed by atoms with Crippen molar-refractivity contribution < 1.29 is 20.0 Å². The smallest absolute Gasteiger partial charge is 0.335 e. The number of aromatic carboxylic acids is 1. The van der Waals surface area contributed by atoms with Crippen LogP contribution in [0.5, 0.6) is 5.75 Å². The molecule has 0 amide bonds. The van der Waals surface area contributed by atoms with Crippen molar-refractivity contribution in [2.75, 3.05) is 5.73 Å². The summed E-state index contributed by atoms with van der Waals surface area (Å²) in [6.07, 6.45) is 1.82. The van der Waals surface area contributed by atoms with Crippen LogP contribution in [0.1, 0.15) is 15.9 Å². The number of nitrogens with two attached hydrogens (primary N) is 1. The molecule has 0 aliphatic carbocycles. The Balaban J connectivity index is 0.000000184. The fourth-order valence-corrected chi connectivity index (χ4v) is 1.20. The number of aryl methyl sites for hydroxylation is 1. The molecule has 2 rings (SSSR count). The molecule has 5 nitrogen and oxygen atoms in total. The molecule has 0 spiro atoms. The highest BCUT2D eigenvalue weighted by atomic mass is 16.4. The van der Waals surface area contributed by atoms with Gasteiger partial charge in [-0.25, -0.2) is 9.78 Å². The average molecular weight is 246 g/mol. The number of nitrogens with one attached hydrogen (secondary N) is 1. The molecular weight excluding hydrogens is 232 g/mol. The lowest BCUT2D eigenvalue weighted by Crippen LogP contribution is -2.08. The standard InChI is InChI=1S/C7H6O3.C6H8N2/c8-6-3-1-5(2-4-6)7(9)10;1-5-2-3-8-6(7)4-5/h1-4,8H,(H,9,10);2-4H,1H3,(H2,7,8). The Hall–Kier alpha value is -2.56. The van der Waals surface area contributed by atoms with Gasteiger partial charge in [0, 0.05) is 6.07 Å². The van der Waals surface area contributed by atoms with E-state index in [1.165, 1.54) is 29.8 Å². The van der Waals surface area contributed by atoms with Gasteiger partial charge in [0.05, 0.1) is 11.8 Å². The highest BCUT2D eigenvalue weighted by Gasteiger charge is 1.97. The second-order valence-electron chi connectivity index (χ2n) is 3.65. The van der Waals surface area contributed by atoms with E-state index in [4.69, 9.17) is 10.8 Å². The van der Waals surface area contributed by atoms with Crippen LogP contribution in [0.2, 0.25) is 0 Å². The number of hydrogen-bond donors (Lipinski definition) is 2. The summed E-state index contributed by atoms with van der Waals surface area (Å²) in [5, 5.41) is 18.8. The van der Waals surface area contributed by atoms with Crippen LogP contribution >= 0.6 is 0 Å². The van der Waals surface area contributed by atoms with Gasteiger partial charge < -0.3 is 10.2 Å². The maximum Gasteiger partial charge on any atom is 0.335 e. The number of pyridine rings is 1. The van der Waals surface area contributed by atoms with E-state index in [9.17, 15) is 9.90 Å². The van der Waals surface area contributed by atoms with Crippen LogP contribution in [0.15, 0.2) is 42.6 Å². The minimum atomic E-state index is -1.01. The third-order valence-electron chi connectivity index (χ3n) is 2.08. The lowest BCUT2D eigenvalue weighted by atomic mass is 10.2. The van der Waals surface area contributed by atoms with Crippen molar-refractivity contribution in [2.24, 2.45) is 0 Å². The highest BCUT2D eigenvalue weighted by molar-refractivity contribution is 5.87. The van der Waals surface area contributed by atoms with Crippen molar-refractivity contribution in [3.8, 4) is 5.75 Å². The summed E-state index contributed by atoms with van der Waals surface area (Å²) in [4.78, 5) is 13.1. The first-order chi connectivity index (χ1) is 8.49. The summed E-state index contributed by atoms with van der Waals surface area (Å²) in [5.41, 5.74) is 6.72. The van der Waals surface area contributed by atoms with Gasteiger partial charge in [-0.3, -0.25) is 5.73 Å². The summed E-state index contributed by atoms with van der Waals surface area (Å²) >= 11 is 0. The first-order valence-corrected chi connectivity index (χ1v) is 5.23. The third-order valence-corrected chi connectivity index (χ3v) is 2.08. The van der Waals surface area contributed by atoms with Gasteiger partial charge >= 0.3 is 5.97 Å². The molecule has 5 heteroatoms. The SMILES string of the molecule is Cc1cc[nH+]c(N)c1.O=C(O)c1ccc([O-])cc1. The molecule has 1 heterocycles. The fourth-order valence-electron chi connectivity index (χ4n) is 1.20. The molecule has 18 heavy (non-hydrogen) atoms. The van der Waals surface area contributed by atoms with Crippen LogP contribution in [0.3, 0.4) is 0 Å². The van der Waals surface area contributed by atoms with Gasteiger partial charge in [0.2, 0.25) is 0 Å². The quantitative estimate of drug-likeness (QED) is 0.778. The van der Waals surface area contributed by atoms with Gasteiger partial charge in [-0.15, -0.1) is 5.75 Å². The Bertz CT molecular complexity index is 507. The number of carboxylic acids is 1. The topological polar surface area (TPSA) is 101 Å². The van der Waals surface area contributed by atoms with Gasteiger partial charge in [-0.1, -0.05) is 12.1 Å². The van der Waals surface area contributed by atoms with Crippen LogP contribution in [0, 0.1) is 6.92 Å². The zero-order chi connectivity index (χ0) is 13.5. The normalized spacial score (nSPS) is 9.17. The van der Waals surface area contributed by atoms with Gasteiger partial charge in [0.15, 0.2) is 0 Å². The van der Waals surface area contributed by atoms with Crippen molar-refractivity contribution in [3.05, 3.63) is 53.7 Å². The van der Waals surface area contributed by atoms with Gasteiger partial charge in [-0.2, -0.15) is 0 Å². The molecule has 0 aliphatic rings. The number of H-pyrrole nitrogens is 1. The van der Waals surface area contributed by atoms with Crippen molar-refractivity contribution in [1.29, 1.82) is 0 Å². The van der Waals surface area contributed by atoms with Crippen molar-refractivity contribution >= 4 is 11.8 Å². The summed E-state index contributed by atoms with van der Waals surface area (Å²) in [7, 11) is 0. The monoisotopic (exact) mass is 246 g/mol. The van der Waals surface area contributed by atoms with Crippen LogP contribution < -0.4 is 15.8 Å². The Morgan fingerprint density at radius 2 is 1.89 bits per heavy atom. The molecule has 4 N–H and O–H groups in total. The van der Waals surface area contributed by atoms with E-state index >= 15 is 0 Å². The van der Waals surface area contributed by atoms with E-state index < -0.39 is 5.97 Å². The van der Waals surface area contributed by atoms with Crippen LogP contribution in [-0.4, -0.2) is 11.1 Å². The van der Waals surface area contributed by atoms with E-state index in [-0.39, 0.29) is 11.3 Å². The second-order valence-corrected chi connectivity index (χ2v) is 3.65. The molecule has 0 atom stereocenters. The Morgan fingerprint density at radius 1 is 1.28 bits per heavy atom. The molecule has 0 bridgehead atoms. The lowest BCUT2D eigenvalue weighted by Gasteiger charge is -2.02. The number of anilines is 1. The molecule has 0 saturated carbocycles. The number of carboxylic acid groups (broad SMARTS) is 1. The molecule has 1 aromatic heterocycles. The van der Waals surface area contributed by atoms with E-state index in [1.54, 1.807) is 0 Å². The molecule has 0 radical (unpaired) electrons. The number of nitrogen functional groups attached to an aromatic ring is 1. The molecule has 0 unspecified atom stereocenters. The number of aromatic amines is 1. The van der Waals surface area contributed by atoms with Crippen molar-refractivity contribution in [3.63, 3.8) is 0 Å². The average Bonchev–Trinajstić information content (AvgIpc) is 2.30. The Morgan fingerprint density at radius 3 is 2.28 bits per heavy atom. The molecule has 2 aromatic rings. The van der Waals surface area contributed by atoms with E-state index in [0.29, 0.717) is 5.82 Å². The Labute approximate surface area is 105 Å². The van der Waals surface area contributed by atoms with Gasteiger partial charge in [0.1, 0.15) is 0 Å². The van der Waals surface area contributed by atoms with Crippen LogP contribution in [0.4, 0.5) is 5.82 Å². The molecule has 1 aromatic carbocycles. The number of rotatable bonds is 1. The van der Waals surface area contributed by atoms with Crippen LogP contribution in [0.25, 0.3) is 0 Å². The molecule has 0 fully saturated rings. The largest absolute Gasteiger partial charge is 0.872 e. The summed E-state index contributed by atoms with van der Waals surface area (Å²) < 4.78 is 0. The fraction of sp³-hybridized carbons (Fsp3) is 0.0769. The summed E-state index contributed by atoms with van der Waals surface area (Å²) in [6, 6.07) is 8.87. The zero-order valence-corrected chi connectivity index (χ0v) is 9.88. The van der Waals surface area contributed by atoms with Gasteiger partial charge in [0.25, 0.3) is 5.82 Å². The van der Waals surface area contributed by atoms with Crippen molar-refractivity contribution in [2.45, 2.75) is 6.92 Å². The minimum absolute atomic E-state index is 0.139. The summed E-state index contributed by atoms with van der Waals surface area (Å²) in [6.45, 7) is 2.00. The molecule has 0 aliphatic heterocycles. The van der Waals surface area contributed by atoms with Gasteiger partial charge in [-0.05, 0) is 30.7 Å². The van der Waals surface area contributed by atoms with E-state index in [1.807, 2.05) is 25.3 Å². The first-order valence-electron chi connectivity index (χ1n) is 5.23. The Kier molecular flexibility index (Phi) is 4.68. The number of carbonyl (C=O) groups is 1. The second kappa shape index (κ2) is 6.24. The predicted molar refractivity (Wildman–Crippen MR) is 65.0 cm³/mol. The number of aromatic nitrogens is 1. The zero-order valence-electron chi connectivity index (χ0n) is 9.88. The van der Waals surface area contributed by atoms with Crippen LogP contribution in [-0.2, 0) is 0 Å². The minimum Gasteiger partial charge on any atom is -0.872 e. The molecule has 94 valence electrons. The van der Waals surface area contributed by atoms with Crippen molar-refractivity contribution in [1.82, 2.24) is 0 Å². The summed E-state index contributed by atoms with van der Waals surface area (Å²) in [5.74, 6) is -0.477. The number of hydrogen-bond acceptors (Lipinski definition) is 3. The maximum atomic E-state index is 10.5. The molecular formula is C13H14N2O3. The van der Waals surface area contributed by atoms with E-state index in [0.717, 1.165) is 0 Å². The highest BCUT2D eigenvalue weighted by Crippen LogP contribution is 2.05. The number of benzene rings is 1. The maximum absolute atomic E-state index is 10.5. The predicted octanol–water partition coefficient (Wildman–Crippen LogP) is 0.850. The third kappa shape index (κ3) is 4.52. The molecule has 0 saturated heterocycles. The first kappa shape index (κ1) is 13.5.